The zero-order valence-electron chi connectivity index (χ0n) is 12.2. The van der Waals surface area contributed by atoms with Crippen molar-refractivity contribution in [1.82, 2.24) is 0 Å². The van der Waals surface area contributed by atoms with Crippen LogP contribution in [-0.4, -0.2) is 19.6 Å². The molecule has 3 rings (SSSR count). The van der Waals surface area contributed by atoms with E-state index in [0.717, 1.165) is 17.4 Å². The van der Waals surface area contributed by atoms with Crippen LogP contribution in [0, 0.1) is 5.41 Å². The summed E-state index contributed by atoms with van der Waals surface area (Å²) in [6.45, 7) is 3.17. The van der Waals surface area contributed by atoms with Crippen LogP contribution in [-0.2, 0) is 6.42 Å². The fraction of sp³-hybridized carbons (Fsp3) is 0.647. The first-order valence-electron chi connectivity index (χ1n) is 7.96. The molecule has 0 bridgehead atoms. The maximum atomic E-state index is 5.77. The first-order valence-corrected chi connectivity index (χ1v) is 8.75. The molecule has 2 fully saturated rings. The van der Waals surface area contributed by atoms with E-state index in [4.69, 9.17) is 5.73 Å². The van der Waals surface area contributed by atoms with Crippen molar-refractivity contribution in [3.05, 3.63) is 28.2 Å². The number of benzene rings is 1. The van der Waals surface area contributed by atoms with Crippen molar-refractivity contribution in [2.24, 2.45) is 11.1 Å². The molecule has 1 saturated carbocycles. The highest BCUT2D eigenvalue weighted by molar-refractivity contribution is 9.10. The molecule has 0 unspecified atom stereocenters. The van der Waals surface area contributed by atoms with E-state index < -0.39 is 0 Å². The van der Waals surface area contributed by atoms with Gasteiger partial charge in [-0.05, 0) is 67.8 Å². The summed E-state index contributed by atoms with van der Waals surface area (Å²) in [6.07, 6.45) is 9.58. The molecule has 0 amide bonds. The van der Waals surface area contributed by atoms with Gasteiger partial charge in [-0.15, -0.1) is 0 Å². The van der Waals surface area contributed by atoms with Crippen molar-refractivity contribution < 1.29 is 0 Å². The van der Waals surface area contributed by atoms with Gasteiger partial charge in [-0.3, -0.25) is 0 Å². The predicted molar refractivity (Wildman–Crippen MR) is 89.2 cm³/mol. The molecule has 110 valence electrons. The number of piperidine rings is 1. The van der Waals surface area contributed by atoms with E-state index in [1.54, 1.807) is 0 Å². The monoisotopic (exact) mass is 336 g/mol. The van der Waals surface area contributed by atoms with Crippen molar-refractivity contribution >= 4 is 21.6 Å². The molecule has 2 N–H and O–H groups in total. The zero-order chi connectivity index (χ0) is 14.0. The molecular formula is C17H25BrN2. The summed E-state index contributed by atoms with van der Waals surface area (Å²) in [5.41, 5.74) is 9.27. The fourth-order valence-electron chi connectivity index (χ4n) is 4.07. The third-order valence-electron chi connectivity index (χ3n) is 5.28. The van der Waals surface area contributed by atoms with Crippen molar-refractivity contribution in [3.8, 4) is 0 Å². The van der Waals surface area contributed by atoms with Gasteiger partial charge in [-0.25, -0.2) is 0 Å². The molecule has 1 saturated heterocycles. The smallest absolute Gasteiger partial charge is 0.0400 e. The molecule has 1 aliphatic heterocycles. The third kappa shape index (κ3) is 2.89. The van der Waals surface area contributed by atoms with Crippen LogP contribution in [0.25, 0.3) is 0 Å². The molecule has 1 aliphatic carbocycles. The van der Waals surface area contributed by atoms with Crippen molar-refractivity contribution in [1.29, 1.82) is 0 Å². The minimum Gasteiger partial charge on any atom is -0.371 e. The van der Waals surface area contributed by atoms with Gasteiger partial charge < -0.3 is 10.6 Å². The summed E-state index contributed by atoms with van der Waals surface area (Å²) in [4.78, 5) is 2.58. The van der Waals surface area contributed by atoms with E-state index in [2.05, 4.69) is 39.0 Å². The highest BCUT2D eigenvalue weighted by atomic mass is 79.9. The Labute approximate surface area is 130 Å². The Morgan fingerprint density at radius 2 is 1.80 bits per heavy atom. The van der Waals surface area contributed by atoms with E-state index >= 15 is 0 Å². The summed E-state index contributed by atoms with van der Waals surface area (Å²) < 4.78 is 1.16. The lowest BCUT2D eigenvalue weighted by atomic mass is 9.77. The van der Waals surface area contributed by atoms with Gasteiger partial charge >= 0.3 is 0 Å². The molecule has 1 spiro atoms. The molecule has 0 radical (unpaired) electrons. The molecular weight excluding hydrogens is 312 g/mol. The molecule has 3 heteroatoms. The Kier molecular flexibility index (Phi) is 4.37. The summed E-state index contributed by atoms with van der Waals surface area (Å²) in [6, 6.07) is 6.67. The lowest BCUT2D eigenvalue weighted by Crippen LogP contribution is -2.39. The highest BCUT2D eigenvalue weighted by Crippen LogP contribution is 2.46. The molecule has 1 aromatic rings. The number of rotatable bonds is 3. The SMILES string of the molecule is NCCc1cc(Br)ccc1N1CCC2(CCCC2)CC1. The molecule has 2 aliphatic rings. The molecule has 1 aromatic carbocycles. The maximum Gasteiger partial charge on any atom is 0.0400 e. The average molecular weight is 337 g/mol. The summed E-state index contributed by atoms with van der Waals surface area (Å²) >= 11 is 3.58. The lowest BCUT2D eigenvalue weighted by molar-refractivity contribution is 0.226. The molecule has 20 heavy (non-hydrogen) atoms. The maximum absolute atomic E-state index is 5.77. The number of hydrogen-bond donors (Lipinski definition) is 1. The number of anilines is 1. The Bertz CT molecular complexity index is 456. The molecule has 0 atom stereocenters. The average Bonchev–Trinajstić information content (AvgIpc) is 2.89. The molecule has 0 aromatic heterocycles. The Morgan fingerprint density at radius 1 is 1.10 bits per heavy atom. The van der Waals surface area contributed by atoms with Crippen LogP contribution in [0.2, 0.25) is 0 Å². The first-order chi connectivity index (χ1) is 9.72. The van der Waals surface area contributed by atoms with Crippen LogP contribution in [0.1, 0.15) is 44.1 Å². The van der Waals surface area contributed by atoms with E-state index in [0.29, 0.717) is 5.41 Å². The minimum absolute atomic E-state index is 0.694. The molecule has 2 nitrogen and oxygen atoms in total. The Hall–Kier alpha value is -0.540. The van der Waals surface area contributed by atoms with Gasteiger partial charge in [0.25, 0.3) is 0 Å². The summed E-state index contributed by atoms with van der Waals surface area (Å²) in [7, 11) is 0. The topological polar surface area (TPSA) is 29.3 Å². The Morgan fingerprint density at radius 3 is 2.45 bits per heavy atom. The van der Waals surface area contributed by atoms with E-state index in [9.17, 15) is 0 Å². The largest absolute Gasteiger partial charge is 0.371 e. The van der Waals surface area contributed by atoms with E-state index in [1.807, 2.05) is 0 Å². The number of nitrogens with zero attached hydrogens (tertiary/aromatic N) is 1. The number of nitrogens with two attached hydrogens (primary N) is 1. The second kappa shape index (κ2) is 6.07. The van der Waals surface area contributed by atoms with Crippen LogP contribution < -0.4 is 10.6 Å². The molecule has 1 heterocycles. The van der Waals surface area contributed by atoms with Crippen LogP contribution in [0.5, 0.6) is 0 Å². The lowest BCUT2D eigenvalue weighted by Gasteiger charge is -2.41. The fourth-order valence-corrected chi connectivity index (χ4v) is 4.47. The predicted octanol–water partition coefficient (Wildman–Crippen LogP) is 4.11. The van der Waals surface area contributed by atoms with Gasteiger partial charge in [0.15, 0.2) is 0 Å². The van der Waals surface area contributed by atoms with Gasteiger partial charge in [-0.1, -0.05) is 28.8 Å². The minimum atomic E-state index is 0.694. The Balaban J connectivity index is 1.74. The summed E-state index contributed by atoms with van der Waals surface area (Å²) in [5, 5.41) is 0. The summed E-state index contributed by atoms with van der Waals surface area (Å²) in [5.74, 6) is 0. The van der Waals surface area contributed by atoms with E-state index in [1.165, 1.54) is 62.9 Å². The van der Waals surface area contributed by atoms with Crippen molar-refractivity contribution in [2.75, 3.05) is 24.5 Å². The van der Waals surface area contributed by atoms with Crippen LogP contribution in [0.4, 0.5) is 5.69 Å². The van der Waals surface area contributed by atoms with Gasteiger partial charge in [0.05, 0.1) is 0 Å². The third-order valence-corrected chi connectivity index (χ3v) is 5.78. The first kappa shape index (κ1) is 14.4. The van der Waals surface area contributed by atoms with Gasteiger partial charge in [0.2, 0.25) is 0 Å². The van der Waals surface area contributed by atoms with Gasteiger partial charge in [0, 0.05) is 23.2 Å². The van der Waals surface area contributed by atoms with Crippen LogP contribution in [0.3, 0.4) is 0 Å². The second-order valence-corrected chi connectivity index (χ2v) is 7.42. The zero-order valence-corrected chi connectivity index (χ0v) is 13.8. The van der Waals surface area contributed by atoms with E-state index in [-0.39, 0.29) is 0 Å². The normalized spacial score (nSPS) is 21.6. The van der Waals surface area contributed by atoms with Gasteiger partial charge in [-0.2, -0.15) is 0 Å². The van der Waals surface area contributed by atoms with Crippen LogP contribution >= 0.6 is 15.9 Å². The van der Waals surface area contributed by atoms with Crippen molar-refractivity contribution in [3.63, 3.8) is 0 Å². The quantitative estimate of drug-likeness (QED) is 0.899. The van der Waals surface area contributed by atoms with Crippen LogP contribution in [0.15, 0.2) is 22.7 Å². The highest BCUT2D eigenvalue weighted by Gasteiger charge is 2.37. The standard InChI is InChI=1S/C17H25BrN2/c18-15-3-4-16(14(13-15)5-10-19)20-11-8-17(9-12-20)6-1-2-7-17/h3-4,13H,1-2,5-12,19H2. The van der Waals surface area contributed by atoms with Gasteiger partial charge in [0.1, 0.15) is 0 Å². The second-order valence-electron chi connectivity index (χ2n) is 6.51. The van der Waals surface area contributed by atoms with Crippen molar-refractivity contribution in [2.45, 2.75) is 44.9 Å². The number of halogens is 1. The number of hydrogen-bond acceptors (Lipinski definition) is 2.